The molecule has 6 nitrogen and oxygen atoms in total. The first-order chi connectivity index (χ1) is 14.0. The Hall–Kier alpha value is -3.32. The van der Waals surface area contributed by atoms with Gasteiger partial charge in [0.05, 0.1) is 18.2 Å². The zero-order valence-corrected chi connectivity index (χ0v) is 17.0. The van der Waals surface area contributed by atoms with Crippen LogP contribution in [0.5, 0.6) is 11.5 Å². The number of hydrazone groups is 1. The molecule has 3 rings (SSSR count). The van der Waals surface area contributed by atoms with Crippen LogP contribution in [0.4, 0.5) is 0 Å². The van der Waals surface area contributed by atoms with Crippen LogP contribution in [0.25, 0.3) is 0 Å². The molecule has 0 heterocycles. The van der Waals surface area contributed by atoms with Gasteiger partial charge in [-0.2, -0.15) is 13.5 Å². The summed E-state index contributed by atoms with van der Waals surface area (Å²) in [6.07, 6.45) is 1.40. The molecule has 0 aromatic heterocycles. The summed E-state index contributed by atoms with van der Waals surface area (Å²) >= 11 is 0. The minimum Gasteiger partial charge on any atom is -0.493 e. The predicted molar refractivity (Wildman–Crippen MR) is 113 cm³/mol. The normalized spacial score (nSPS) is 11.4. The van der Waals surface area contributed by atoms with Gasteiger partial charge in [-0.1, -0.05) is 54.1 Å². The van der Waals surface area contributed by atoms with E-state index in [9.17, 15) is 8.42 Å². The molecule has 7 heteroatoms. The Kier molecular flexibility index (Phi) is 6.51. The van der Waals surface area contributed by atoms with Gasteiger partial charge in [-0.15, -0.1) is 0 Å². The van der Waals surface area contributed by atoms with E-state index < -0.39 is 10.0 Å². The van der Waals surface area contributed by atoms with Crippen LogP contribution in [-0.4, -0.2) is 21.7 Å². The standard InChI is InChI=1S/C22H22N2O4S/c1-17-8-6-9-18(14-17)16-28-22-19(10-7-13-21(22)27-2)15-23-24-29(25,26)20-11-4-3-5-12-20/h3-15,24H,16H2,1-2H3/b23-15+. The first-order valence-electron chi connectivity index (χ1n) is 8.95. The summed E-state index contributed by atoms with van der Waals surface area (Å²) < 4.78 is 35.9. The Bertz CT molecular complexity index is 1100. The first kappa shape index (κ1) is 20.4. The number of rotatable bonds is 8. The summed E-state index contributed by atoms with van der Waals surface area (Å²) in [6.45, 7) is 2.36. The maximum atomic E-state index is 12.3. The van der Waals surface area contributed by atoms with E-state index in [0.717, 1.165) is 11.1 Å². The van der Waals surface area contributed by atoms with E-state index in [0.29, 0.717) is 23.7 Å². The Morgan fingerprint density at radius 1 is 1.00 bits per heavy atom. The van der Waals surface area contributed by atoms with Crippen molar-refractivity contribution >= 4 is 16.2 Å². The van der Waals surface area contributed by atoms with E-state index in [1.54, 1.807) is 43.5 Å². The lowest BCUT2D eigenvalue weighted by molar-refractivity contribution is 0.284. The zero-order chi connectivity index (χ0) is 20.7. The number of benzene rings is 3. The summed E-state index contributed by atoms with van der Waals surface area (Å²) in [6, 6.07) is 21.4. The van der Waals surface area contributed by atoms with Crippen LogP contribution in [0.1, 0.15) is 16.7 Å². The van der Waals surface area contributed by atoms with Crippen LogP contribution in [0.3, 0.4) is 0 Å². The lowest BCUT2D eigenvalue weighted by Crippen LogP contribution is -2.18. The fourth-order valence-electron chi connectivity index (χ4n) is 2.72. The Morgan fingerprint density at radius 3 is 2.48 bits per heavy atom. The zero-order valence-electron chi connectivity index (χ0n) is 16.2. The lowest BCUT2D eigenvalue weighted by atomic mass is 10.1. The minimum atomic E-state index is -3.74. The SMILES string of the molecule is COc1cccc(/C=N/NS(=O)(=O)c2ccccc2)c1OCc1cccc(C)c1. The molecule has 150 valence electrons. The van der Waals surface area contributed by atoms with Crippen molar-refractivity contribution in [3.63, 3.8) is 0 Å². The molecule has 0 aliphatic heterocycles. The second-order valence-corrected chi connectivity index (χ2v) is 7.98. The number of nitrogens with one attached hydrogen (secondary N) is 1. The number of hydrogen-bond donors (Lipinski definition) is 1. The smallest absolute Gasteiger partial charge is 0.276 e. The molecule has 0 unspecified atom stereocenters. The van der Waals surface area contributed by atoms with E-state index in [4.69, 9.17) is 9.47 Å². The third-order valence-electron chi connectivity index (χ3n) is 4.12. The molecular weight excluding hydrogens is 388 g/mol. The molecule has 3 aromatic carbocycles. The Balaban J connectivity index is 1.79. The third-order valence-corrected chi connectivity index (χ3v) is 5.36. The van der Waals surface area contributed by atoms with Crippen LogP contribution in [0.15, 0.2) is 82.8 Å². The lowest BCUT2D eigenvalue weighted by Gasteiger charge is -2.13. The van der Waals surface area contributed by atoms with E-state index >= 15 is 0 Å². The van der Waals surface area contributed by atoms with Gasteiger partial charge in [0.15, 0.2) is 11.5 Å². The highest BCUT2D eigenvalue weighted by Crippen LogP contribution is 2.31. The van der Waals surface area contributed by atoms with Gasteiger partial charge in [0.2, 0.25) is 0 Å². The van der Waals surface area contributed by atoms with Gasteiger partial charge in [-0.25, -0.2) is 4.83 Å². The van der Waals surface area contributed by atoms with Gasteiger partial charge >= 0.3 is 0 Å². The highest BCUT2D eigenvalue weighted by atomic mass is 32.2. The summed E-state index contributed by atoms with van der Waals surface area (Å²) in [5, 5.41) is 3.90. The van der Waals surface area contributed by atoms with Crippen molar-refractivity contribution in [2.24, 2.45) is 5.10 Å². The number of para-hydroxylation sites is 1. The summed E-state index contributed by atoms with van der Waals surface area (Å²) in [5.41, 5.74) is 2.75. The average Bonchev–Trinajstić information content (AvgIpc) is 2.73. The molecule has 0 saturated carbocycles. The van der Waals surface area contributed by atoms with Crippen molar-refractivity contribution in [3.05, 3.63) is 89.5 Å². The van der Waals surface area contributed by atoms with Gasteiger partial charge in [0.25, 0.3) is 10.0 Å². The summed E-state index contributed by atoms with van der Waals surface area (Å²) in [5.74, 6) is 1.02. The van der Waals surface area contributed by atoms with Gasteiger partial charge in [-0.05, 0) is 36.8 Å². The van der Waals surface area contributed by atoms with Crippen molar-refractivity contribution in [1.29, 1.82) is 0 Å². The number of methoxy groups -OCH3 is 1. The largest absolute Gasteiger partial charge is 0.493 e. The van der Waals surface area contributed by atoms with Gasteiger partial charge < -0.3 is 9.47 Å². The van der Waals surface area contributed by atoms with Crippen molar-refractivity contribution in [1.82, 2.24) is 4.83 Å². The average molecular weight is 410 g/mol. The molecule has 0 spiro atoms. The molecule has 0 bridgehead atoms. The molecule has 0 fully saturated rings. The number of sulfonamides is 1. The fourth-order valence-corrected chi connectivity index (χ4v) is 3.54. The van der Waals surface area contributed by atoms with E-state index in [1.807, 2.05) is 31.2 Å². The summed E-state index contributed by atoms with van der Waals surface area (Å²) in [7, 11) is -2.19. The summed E-state index contributed by atoms with van der Waals surface area (Å²) in [4.78, 5) is 2.35. The molecule has 0 radical (unpaired) electrons. The maximum absolute atomic E-state index is 12.3. The molecule has 0 aliphatic carbocycles. The minimum absolute atomic E-state index is 0.138. The number of ether oxygens (including phenoxy) is 2. The van der Waals surface area contributed by atoms with Crippen molar-refractivity contribution in [2.45, 2.75) is 18.4 Å². The van der Waals surface area contributed by atoms with Crippen LogP contribution < -0.4 is 14.3 Å². The predicted octanol–water partition coefficient (Wildman–Crippen LogP) is 3.90. The Morgan fingerprint density at radius 2 is 1.76 bits per heavy atom. The second kappa shape index (κ2) is 9.25. The number of nitrogens with zero attached hydrogens (tertiary/aromatic N) is 1. The van der Waals surface area contributed by atoms with Gasteiger partial charge in [0, 0.05) is 5.56 Å². The molecule has 0 aliphatic rings. The maximum Gasteiger partial charge on any atom is 0.276 e. The molecular formula is C22H22N2O4S. The molecule has 1 N–H and O–H groups in total. The van der Waals surface area contributed by atoms with Crippen LogP contribution in [-0.2, 0) is 16.6 Å². The van der Waals surface area contributed by atoms with E-state index in [2.05, 4.69) is 9.93 Å². The number of aryl methyl sites for hydroxylation is 1. The molecule has 0 amide bonds. The van der Waals surface area contributed by atoms with Crippen LogP contribution >= 0.6 is 0 Å². The van der Waals surface area contributed by atoms with Crippen LogP contribution in [0, 0.1) is 6.92 Å². The van der Waals surface area contributed by atoms with Crippen molar-refractivity contribution in [2.75, 3.05) is 7.11 Å². The van der Waals surface area contributed by atoms with Gasteiger partial charge in [0.1, 0.15) is 6.61 Å². The first-order valence-corrected chi connectivity index (χ1v) is 10.4. The quantitative estimate of drug-likeness (QED) is 0.451. The highest BCUT2D eigenvalue weighted by Gasteiger charge is 2.13. The Labute approximate surface area is 170 Å². The van der Waals surface area contributed by atoms with Crippen molar-refractivity contribution < 1.29 is 17.9 Å². The molecule has 3 aromatic rings. The third kappa shape index (κ3) is 5.36. The van der Waals surface area contributed by atoms with Crippen LogP contribution in [0.2, 0.25) is 0 Å². The van der Waals surface area contributed by atoms with E-state index in [1.165, 1.54) is 18.3 Å². The topological polar surface area (TPSA) is 77.0 Å². The monoisotopic (exact) mass is 410 g/mol. The molecule has 0 atom stereocenters. The number of hydrogen-bond acceptors (Lipinski definition) is 5. The van der Waals surface area contributed by atoms with E-state index in [-0.39, 0.29) is 4.90 Å². The molecule has 29 heavy (non-hydrogen) atoms. The van der Waals surface area contributed by atoms with Crippen molar-refractivity contribution in [3.8, 4) is 11.5 Å². The second-order valence-electron chi connectivity index (χ2n) is 6.32. The highest BCUT2D eigenvalue weighted by molar-refractivity contribution is 7.89. The molecule has 0 saturated heterocycles. The fraction of sp³-hybridized carbons (Fsp3) is 0.136. The van der Waals surface area contributed by atoms with Gasteiger partial charge in [-0.3, -0.25) is 0 Å².